The maximum Gasteiger partial charge on any atom is 0.247 e. The van der Waals surface area contributed by atoms with Gasteiger partial charge < -0.3 is 5.73 Å². The first-order chi connectivity index (χ1) is 11.9. The second-order valence-corrected chi connectivity index (χ2v) is 7.70. The minimum Gasteiger partial charge on any atom is -0.369 e. The molecule has 10 heteroatoms. The van der Waals surface area contributed by atoms with Gasteiger partial charge in [-0.05, 0) is 18.2 Å². The molecule has 4 aromatic heterocycles. The van der Waals surface area contributed by atoms with Gasteiger partial charge in [0.25, 0.3) is 0 Å². The SMILES string of the molecule is CS(=O)(=O)c1nccc(-c2c3c(Cl)ccnc3n3c(N)nccc23)n1. The highest BCUT2D eigenvalue weighted by molar-refractivity contribution is 7.90. The Balaban J connectivity index is 2.20. The largest absolute Gasteiger partial charge is 0.369 e. The maximum absolute atomic E-state index is 11.8. The highest BCUT2D eigenvalue weighted by atomic mass is 35.5. The molecule has 4 rings (SSSR count). The number of fused-ring (bicyclic) bond motifs is 3. The third kappa shape index (κ3) is 2.39. The number of nitrogens with two attached hydrogens (primary N) is 1. The van der Waals surface area contributed by atoms with E-state index in [2.05, 4.69) is 19.9 Å². The second kappa shape index (κ2) is 5.36. The first-order valence-corrected chi connectivity index (χ1v) is 9.37. The smallest absolute Gasteiger partial charge is 0.247 e. The zero-order chi connectivity index (χ0) is 17.8. The Hall–Kier alpha value is -2.78. The predicted molar refractivity (Wildman–Crippen MR) is 94.1 cm³/mol. The van der Waals surface area contributed by atoms with Crippen molar-refractivity contribution in [2.75, 3.05) is 12.0 Å². The lowest BCUT2D eigenvalue weighted by Crippen LogP contribution is -2.04. The van der Waals surface area contributed by atoms with Gasteiger partial charge in [0.1, 0.15) is 5.65 Å². The topological polar surface area (TPSA) is 116 Å². The fraction of sp³-hybridized carbons (Fsp3) is 0.0667. The number of nitrogen functional groups attached to an aromatic ring is 1. The quantitative estimate of drug-likeness (QED) is 0.533. The molecule has 4 aromatic rings. The van der Waals surface area contributed by atoms with Crippen molar-refractivity contribution in [2.45, 2.75) is 5.16 Å². The molecule has 0 fully saturated rings. The Morgan fingerprint density at radius 2 is 1.80 bits per heavy atom. The zero-order valence-electron chi connectivity index (χ0n) is 12.9. The summed E-state index contributed by atoms with van der Waals surface area (Å²) in [5.74, 6) is 0.237. The standard InChI is InChI=1S/C15H11ClN6O2S/c1-25(23,24)15-20-6-3-9(21-15)12-10-4-7-19-14(17)22(10)13-11(12)8(16)2-5-18-13/h2-7H,1H3,(H2,17,19). The van der Waals surface area contributed by atoms with Crippen LogP contribution in [0.25, 0.3) is 27.8 Å². The van der Waals surface area contributed by atoms with Crippen molar-refractivity contribution < 1.29 is 8.42 Å². The van der Waals surface area contributed by atoms with Crippen LogP contribution in [0.1, 0.15) is 0 Å². The van der Waals surface area contributed by atoms with Gasteiger partial charge in [0.2, 0.25) is 20.9 Å². The number of anilines is 1. The minimum atomic E-state index is -3.56. The molecule has 0 aliphatic carbocycles. The monoisotopic (exact) mass is 374 g/mol. The highest BCUT2D eigenvalue weighted by Gasteiger charge is 2.21. The van der Waals surface area contributed by atoms with Crippen molar-refractivity contribution in [1.82, 2.24) is 24.3 Å². The molecule has 0 bridgehead atoms. The molecule has 0 radical (unpaired) electrons. The van der Waals surface area contributed by atoms with Crippen molar-refractivity contribution in [3.05, 3.63) is 41.8 Å². The highest BCUT2D eigenvalue weighted by Crippen LogP contribution is 2.38. The van der Waals surface area contributed by atoms with Gasteiger partial charge in [-0.15, -0.1) is 0 Å². The van der Waals surface area contributed by atoms with Gasteiger partial charge in [-0.25, -0.2) is 28.4 Å². The van der Waals surface area contributed by atoms with Crippen LogP contribution >= 0.6 is 11.6 Å². The van der Waals surface area contributed by atoms with E-state index in [4.69, 9.17) is 17.3 Å². The van der Waals surface area contributed by atoms with Crippen molar-refractivity contribution in [3.8, 4) is 11.3 Å². The van der Waals surface area contributed by atoms with Gasteiger partial charge in [-0.2, -0.15) is 0 Å². The number of nitrogens with zero attached hydrogens (tertiary/aromatic N) is 5. The van der Waals surface area contributed by atoms with E-state index in [9.17, 15) is 8.42 Å². The molecule has 0 aliphatic heterocycles. The van der Waals surface area contributed by atoms with Gasteiger partial charge in [0, 0.05) is 35.8 Å². The molecule has 0 unspecified atom stereocenters. The third-order valence-corrected chi connectivity index (χ3v) is 4.90. The molecule has 0 aliphatic rings. The summed E-state index contributed by atoms with van der Waals surface area (Å²) in [5.41, 5.74) is 8.21. The van der Waals surface area contributed by atoms with Crippen LogP contribution in [0, 0.1) is 0 Å². The molecular formula is C15H11ClN6O2S. The summed E-state index contributed by atoms with van der Waals surface area (Å²) in [6.45, 7) is 0. The summed E-state index contributed by atoms with van der Waals surface area (Å²) in [5, 5.41) is 0.796. The van der Waals surface area contributed by atoms with Gasteiger partial charge in [0.05, 0.1) is 16.2 Å². The summed E-state index contributed by atoms with van der Waals surface area (Å²) >= 11 is 6.39. The van der Waals surface area contributed by atoms with E-state index in [1.807, 2.05) is 0 Å². The van der Waals surface area contributed by atoms with Crippen molar-refractivity contribution >= 4 is 43.9 Å². The Labute approximate surface area is 147 Å². The van der Waals surface area contributed by atoms with E-state index >= 15 is 0 Å². The van der Waals surface area contributed by atoms with E-state index in [1.165, 1.54) is 6.20 Å². The van der Waals surface area contributed by atoms with Crippen LogP contribution in [-0.2, 0) is 9.84 Å². The molecule has 126 valence electrons. The molecule has 0 spiro atoms. The lowest BCUT2D eigenvalue weighted by Gasteiger charge is -2.03. The summed E-state index contributed by atoms with van der Waals surface area (Å²) in [7, 11) is -3.56. The molecule has 0 amide bonds. The van der Waals surface area contributed by atoms with Gasteiger partial charge in [-0.1, -0.05) is 11.6 Å². The Kier molecular flexibility index (Phi) is 3.37. The van der Waals surface area contributed by atoms with Crippen LogP contribution in [0.5, 0.6) is 0 Å². The number of hydrogen-bond donors (Lipinski definition) is 1. The van der Waals surface area contributed by atoms with E-state index in [1.54, 1.807) is 35.0 Å². The van der Waals surface area contributed by atoms with Crippen LogP contribution in [0.4, 0.5) is 5.95 Å². The number of hydrogen-bond acceptors (Lipinski definition) is 7. The predicted octanol–water partition coefficient (Wildman–Crippen LogP) is 1.98. The van der Waals surface area contributed by atoms with E-state index in [0.29, 0.717) is 32.8 Å². The van der Waals surface area contributed by atoms with Crippen molar-refractivity contribution in [3.63, 3.8) is 0 Å². The van der Waals surface area contributed by atoms with E-state index in [0.717, 1.165) is 6.26 Å². The molecule has 2 N–H and O–H groups in total. The zero-order valence-corrected chi connectivity index (χ0v) is 14.5. The number of sulfone groups is 1. The van der Waals surface area contributed by atoms with Gasteiger partial charge >= 0.3 is 0 Å². The Morgan fingerprint density at radius 1 is 1.08 bits per heavy atom. The van der Waals surface area contributed by atoms with Crippen LogP contribution < -0.4 is 5.73 Å². The fourth-order valence-electron chi connectivity index (χ4n) is 2.73. The molecule has 0 atom stereocenters. The molecule has 0 aromatic carbocycles. The summed E-state index contributed by atoms with van der Waals surface area (Å²) < 4.78 is 25.3. The fourth-order valence-corrected chi connectivity index (χ4v) is 3.48. The molecule has 4 heterocycles. The molecule has 8 nitrogen and oxygen atoms in total. The Morgan fingerprint density at radius 3 is 2.56 bits per heavy atom. The lowest BCUT2D eigenvalue weighted by molar-refractivity contribution is 0.593. The van der Waals surface area contributed by atoms with Crippen LogP contribution in [0.3, 0.4) is 0 Å². The summed E-state index contributed by atoms with van der Waals surface area (Å²) in [4.78, 5) is 16.5. The van der Waals surface area contributed by atoms with Crippen LogP contribution in [0.15, 0.2) is 41.9 Å². The first kappa shape index (κ1) is 15.7. The maximum atomic E-state index is 11.8. The van der Waals surface area contributed by atoms with Gasteiger partial charge in [-0.3, -0.25) is 4.40 Å². The number of aromatic nitrogens is 5. The molecule has 0 saturated carbocycles. The molecular weight excluding hydrogens is 364 g/mol. The molecule has 0 saturated heterocycles. The molecule has 25 heavy (non-hydrogen) atoms. The summed E-state index contributed by atoms with van der Waals surface area (Å²) in [6, 6.07) is 5.00. The van der Waals surface area contributed by atoms with E-state index < -0.39 is 9.84 Å². The van der Waals surface area contributed by atoms with E-state index in [-0.39, 0.29) is 11.1 Å². The Bertz CT molecular complexity index is 1250. The number of pyridine rings is 1. The van der Waals surface area contributed by atoms with Crippen LogP contribution in [-0.4, -0.2) is 39.0 Å². The third-order valence-electron chi connectivity index (χ3n) is 3.73. The van der Waals surface area contributed by atoms with Crippen molar-refractivity contribution in [2.24, 2.45) is 0 Å². The average Bonchev–Trinajstić information content (AvgIpc) is 2.91. The number of halogens is 1. The van der Waals surface area contributed by atoms with Crippen LogP contribution in [0.2, 0.25) is 5.02 Å². The normalized spacial score (nSPS) is 12.1. The van der Waals surface area contributed by atoms with Crippen molar-refractivity contribution in [1.29, 1.82) is 0 Å². The lowest BCUT2D eigenvalue weighted by atomic mass is 10.1. The first-order valence-electron chi connectivity index (χ1n) is 7.10. The minimum absolute atomic E-state index is 0.237. The average molecular weight is 375 g/mol. The van der Waals surface area contributed by atoms with Gasteiger partial charge in [0.15, 0.2) is 0 Å². The number of rotatable bonds is 2. The summed E-state index contributed by atoms with van der Waals surface area (Å²) in [6.07, 6.45) is 5.57. The second-order valence-electron chi connectivity index (χ2n) is 5.39.